The minimum atomic E-state index is -0.796. The van der Waals surface area contributed by atoms with E-state index in [-0.39, 0.29) is 12.3 Å². The van der Waals surface area contributed by atoms with Crippen LogP contribution in [0, 0.1) is 0 Å². The van der Waals surface area contributed by atoms with E-state index in [1.54, 1.807) is 12.4 Å². The number of carbonyl (C=O) groups is 1. The van der Waals surface area contributed by atoms with E-state index in [1.165, 1.54) is 0 Å². The standard InChI is InChI=1S/C22H32N4O3/c1-3-23-20-13-9-12-19(26-20)11-8-6-5-7-10-17(14-21(27)28)18-15-24-22(25-16-18)29-4-2/h9,12-13,15-17H,3-8,10-11,14H2,1-2H3,(H,23,26)(H,27,28)/t17-/m1/s1. The molecular formula is C22H32N4O3. The minimum absolute atomic E-state index is 0.0679. The molecule has 0 saturated heterocycles. The van der Waals surface area contributed by atoms with E-state index in [0.29, 0.717) is 12.6 Å². The molecule has 0 saturated carbocycles. The molecule has 2 N–H and O–H groups in total. The number of nitrogens with one attached hydrogen (secondary N) is 1. The van der Waals surface area contributed by atoms with Gasteiger partial charge in [-0.2, -0.15) is 0 Å². The first-order valence-corrected chi connectivity index (χ1v) is 10.5. The highest BCUT2D eigenvalue weighted by Crippen LogP contribution is 2.26. The van der Waals surface area contributed by atoms with Crippen molar-refractivity contribution in [3.63, 3.8) is 0 Å². The Kier molecular flexibility index (Phi) is 9.89. The van der Waals surface area contributed by atoms with Crippen molar-refractivity contribution in [2.45, 2.75) is 64.7 Å². The van der Waals surface area contributed by atoms with Crippen molar-refractivity contribution in [2.75, 3.05) is 18.5 Å². The molecule has 0 aromatic carbocycles. The fraction of sp³-hybridized carbons (Fsp3) is 0.545. The lowest BCUT2D eigenvalue weighted by molar-refractivity contribution is -0.137. The van der Waals surface area contributed by atoms with E-state index in [2.05, 4.69) is 33.3 Å². The summed E-state index contributed by atoms with van der Waals surface area (Å²) in [5, 5.41) is 12.5. The molecule has 29 heavy (non-hydrogen) atoms. The molecule has 7 heteroatoms. The number of anilines is 1. The third kappa shape index (κ3) is 8.46. The molecule has 0 aliphatic carbocycles. The summed E-state index contributed by atoms with van der Waals surface area (Å²) in [6.45, 7) is 5.31. The third-order valence-corrected chi connectivity index (χ3v) is 4.71. The zero-order valence-corrected chi connectivity index (χ0v) is 17.4. The average molecular weight is 401 g/mol. The fourth-order valence-electron chi connectivity index (χ4n) is 3.29. The topological polar surface area (TPSA) is 97.2 Å². The second-order valence-corrected chi connectivity index (χ2v) is 7.02. The van der Waals surface area contributed by atoms with E-state index in [9.17, 15) is 9.90 Å². The maximum absolute atomic E-state index is 11.2. The quantitative estimate of drug-likeness (QED) is 0.452. The van der Waals surface area contributed by atoms with Gasteiger partial charge in [0.25, 0.3) is 0 Å². The number of ether oxygens (including phenoxy) is 1. The number of carboxylic acid groups (broad SMARTS) is 1. The van der Waals surface area contributed by atoms with Gasteiger partial charge in [-0.15, -0.1) is 0 Å². The predicted molar refractivity (Wildman–Crippen MR) is 113 cm³/mol. The van der Waals surface area contributed by atoms with Crippen molar-refractivity contribution in [3.05, 3.63) is 41.9 Å². The summed E-state index contributed by atoms with van der Waals surface area (Å²) in [6, 6.07) is 6.42. The molecule has 0 amide bonds. The number of unbranched alkanes of at least 4 members (excludes halogenated alkanes) is 3. The number of carboxylic acids is 1. The van der Waals surface area contributed by atoms with Crippen molar-refractivity contribution in [1.82, 2.24) is 15.0 Å². The maximum Gasteiger partial charge on any atom is 0.316 e. The molecule has 0 spiro atoms. The number of hydrogen-bond acceptors (Lipinski definition) is 6. The summed E-state index contributed by atoms with van der Waals surface area (Å²) in [5.74, 6) is 0.0660. The van der Waals surface area contributed by atoms with Gasteiger partial charge in [-0.05, 0) is 56.7 Å². The Morgan fingerprint density at radius 2 is 1.90 bits per heavy atom. The summed E-state index contributed by atoms with van der Waals surface area (Å²) in [5.41, 5.74) is 1.97. The van der Waals surface area contributed by atoms with E-state index in [0.717, 1.165) is 62.1 Å². The van der Waals surface area contributed by atoms with Gasteiger partial charge < -0.3 is 15.2 Å². The van der Waals surface area contributed by atoms with Crippen molar-refractivity contribution in [3.8, 4) is 6.01 Å². The van der Waals surface area contributed by atoms with Crippen LogP contribution in [0.15, 0.2) is 30.6 Å². The molecule has 2 heterocycles. The molecule has 0 aliphatic rings. The fourth-order valence-corrected chi connectivity index (χ4v) is 3.29. The van der Waals surface area contributed by atoms with Crippen LogP contribution in [0.25, 0.3) is 0 Å². The van der Waals surface area contributed by atoms with Crippen molar-refractivity contribution < 1.29 is 14.6 Å². The van der Waals surface area contributed by atoms with E-state index in [4.69, 9.17) is 4.74 Å². The number of aliphatic carboxylic acids is 1. The lowest BCUT2D eigenvalue weighted by Crippen LogP contribution is -2.08. The molecule has 2 aromatic heterocycles. The van der Waals surface area contributed by atoms with Gasteiger partial charge in [0.15, 0.2) is 0 Å². The zero-order chi connectivity index (χ0) is 20.9. The van der Waals surface area contributed by atoms with Crippen LogP contribution in [0.4, 0.5) is 5.82 Å². The van der Waals surface area contributed by atoms with Crippen molar-refractivity contribution in [1.29, 1.82) is 0 Å². The lowest BCUT2D eigenvalue weighted by atomic mass is 9.92. The van der Waals surface area contributed by atoms with Crippen LogP contribution < -0.4 is 10.1 Å². The van der Waals surface area contributed by atoms with Gasteiger partial charge >= 0.3 is 12.0 Å². The Bertz CT molecular complexity index is 737. The number of pyridine rings is 1. The van der Waals surface area contributed by atoms with E-state index < -0.39 is 5.97 Å². The van der Waals surface area contributed by atoms with Crippen LogP contribution in [0.1, 0.15) is 69.5 Å². The predicted octanol–water partition coefficient (Wildman–Crippen LogP) is 4.45. The number of rotatable bonds is 14. The Morgan fingerprint density at radius 1 is 1.14 bits per heavy atom. The molecule has 0 fully saturated rings. The summed E-state index contributed by atoms with van der Waals surface area (Å²) < 4.78 is 5.26. The Labute approximate surface area is 173 Å². The molecular weight excluding hydrogens is 368 g/mol. The summed E-state index contributed by atoms with van der Waals surface area (Å²) in [7, 11) is 0. The van der Waals surface area contributed by atoms with Gasteiger partial charge in [-0.1, -0.05) is 25.3 Å². The smallest absolute Gasteiger partial charge is 0.316 e. The lowest BCUT2D eigenvalue weighted by Gasteiger charge is -2.15. The zero-order valence-electron chi connectivity index (χ0n) is 17.4. The van der Waals surface area contributed by atoms with Crippen LogP contribution in [0.5, 0.6) is 6.01 Å². The van der Waals surface area contributed by atoms with E-state index >= 15 is 0 Å². The van der Waals surface area contributed by atoms with E-state index in [1.807, 2.05) is 19.1 Å². The Balaban J connectivity index is 1.75. The second kappa shape index (κ2) is 12.7. The second-order valence-electron chi connectivity index (χ2n) is 7.02. The first-order valence-electron chi connectivity index (χ1n) is 10.5. The van der Waals surface area contributed by atoms with Crippen LogP contribution >= 0.6 is 0 Å². The summed E-state index contributed by atoms with van der Waals surface area (Å²) in [6.07, 6.45) is 9.49. The molecule has 1 atom stereocenters. The normalized spacial score (nSPS) is 11.8. The van der Waals surface area contributed by atoms with Gasteiger partial charge in [-0.25, -0.2) is 15.0 Å². The van der Waals surface area contributed by atoms with Crippen molar-refractivity contribution >= 4 is 11.8 Å². The maximum atomic E-state index is 11.2. The number of aryl methyl sites for hydroxylation is 1. The van der Waals surface area contributed by atoms with Crippen molar-refractivity contribution in [2.24, 2.45) is 0 Å². The van der Waals surface area contributed by atoms with Crippen LogP contribution in [0.2, 0.25) is 0 Å². The summed E-state index contributed by atoms with van der Waals surface area (Å²) in [4.78, 5) is 24.2. The highest BCUT2D eigenvalue weighted by atomic mass is 16.5. The largest absolute Gasteiger partial charge is 0.481 e. The van der Waals surface area contributed by atoms with Gasteiger partial charge in [0.1, 0.15) is 5.82 Å². The van der Waals surface area contributed by atoms with Gasteiger partial charge in [-0.3, -0.25) is 4.79 Å². The molecule has 2 rings (SSSR count). The molecule has 0 aliphatic heterocycles. The SMILES string of the molecule is CCNc1cccc(CCCCCC[C@H](CC(=O)O)c2cnc(OCC)nc2)n1. The van der Waals surface area contributed by atoms with Crippen LogP contribution in [0.3, 0.4) is 0 Å². The monoisotopic (exact) mass is 400 g/mol. The highest BCUT2D eigenvalue weighted by molar-refractivity contribution is 5.68. The number of nitrogens with zero attached hydrogens (tertiary/aromatic N) is 3. The molecule has 0 radical (unpaired) electrons. The van der Waals surface area contributed by atoms with Gasteiger partial charge in [0.05, 0.1) is 13.0 Å². The molecule has 0 bridgehead atoms. The molecule has 0 unspecified atom stereocenters. The number of hydrogen-bond donors (Lipinski definition) is 2. The summed E-state index contributed by atoms with van der Waals surface area (Å²) >= 11 is 0. The van der Waals surface area contributed by atoms with Crippen LogP contribution in [-0.2, 0) is 11.2 Å². The number of aromatic nitrogens is 3. The highest BCUT2D eigenvalue weighted by Gasteiger charge is 2.16. The first-order chi connectivity index (χ1) is 14.1. The average Bonchev–Trinajstić information content (AvgIpc) is 2.71. The Hall–Kier alpha value is -2.70. The third-order valence-electron chi connectivity index (χ3n) is 4.71. The Morgan fingerprint density at radius 3 is 2.59 bits per heavy atom. The first kappa shape index (κ1) is 22.6. The molecule has 158 valence electrons. The van der Waals surface area contributed by atoms with Crippen LogP contribution in [-0.4, -0.2) is 39.2 Å². The van der Waals surface area contributed by atoms with Gasteiger partial charge in [0, 0.05) is 24.6 Å². The molecule has 7 nitrogen and oxygen atoms in total. The molecule has 2 aromatic rings. The van der Waals surface area contributed by atoms with Gasteiger partial charge in [0.2, 0.25) is 0 Å². The minimum Gasteiger partial charge on any atom is -0.481 e.